The van der Waals surface area contributed by atoms with E-state index in [9.17, 15) is 23.2 Å². The van der Waals surface area contributed by atoms with Gasteiger partial charge in [-0.3, -0.25) is 4.79 Å². The van der Waals surface area contributed by atoms with Gasteiger partial charge in [0.15, 0.2) is 11.7 Å². The lowest BCUT2D eigenvalue weighted by molar-refractivity contribution is -0.174. The SMILES string of the molecule is C[C@@H]1CCc2c(sc(NC(=O)c3cc4n(n3)[C@@H](C(F)(F)F)C[C@H](c3ccco3)N4)c2C#N)C1. The maximum absolute atomic E-state index is 13.8. The second kappa shape index (κ2) is 7.95. The van der Waals surface area contributed by atoms with E-state index in [0.29, 0.717) is 22.2 Å². The van der Waals surface area contributed by atoms with Crippen LogP contribution in [-0.4, -0.2) is 21.9 Å². The maximum atomic E-state index is 13.8. The van der Waals surface area contributed by atoms with Gasteiger partial charge in [0.2, 0.25) is 0 Å². The number of carbonyl (C=O) groups is 1. The van der Waals surface area contributed by atoms with Crippen LogP contribution < -0.4 is 10.6 Å². The summed E-state index contributed by atoms with van der Waals surface area (Å²) in [5.74, 6) is 0.297. The molecule has 2 N–H and O–H groups in total. The summed E-state index contributed by atoms with van der Waals surface area (Å²) < 4.78 is 47.5. The fourth-order valence-corrected chi connectivity index (χ4v) is 5.84. The predicted octanol–water partition coefficient (Wildman–Crippen LogP) is 5.45. The average molecular weight is 475 g/mol. The number of anilines is 2. The van der Waals surface area contributed by atoms with Crippen molar-refractivity contribution in [2.24, 2.45) is 5.92 Å². The smallest absolute Gasteiger partial charge is 0.410 e. The van der Waals surface area contributed by atoms with Crippen molar-refractivity contribution >= 4 is 28.1 Å². The Bertz CT molecular complexity index is 1240. The number of alkyl halides is 3. The Morgan fingerprint density at radius 2 is 2.27 bits per heavy atom. The summed E-state index contributed by atoms with van der Waals surface area (Å²) >= 11 is 1.35. The number of aromatic nitrogens is 2. The number of hydrogen-bond acceptors (Lipinski definition) is 6. The summed E-state index contributed by atoms with van der Waals surface area (Å²) in [7, 11) is 0. The Labute approximate surface area is 191 Å². The quantitative estimate of drug-likeness (QED) is 0.525. The lowest BCUT2D eigenvalue weighted by Gasteiger charge is -2.32. The fourth-order valence-electron chi connectivity index (χ4n) is 4.48. The van der Waals surface area contributed by atoms with E-state index in [0.717, 1.165) is 34.4 Å². The minimum Gasteiger partial charge on any atom is -0.467 e. The van der Waals surface area contributed by atoms with Crippen LogP contribution in [0.15, 0.2) is 28.9 Å². The first-order valence-electron chi connectivity index (χ1n) is 10.6. The molecule has 172 valence electrons. The van der Waals surface area contributed by atoms with Crippen LogP contribution in [-0.2, 0) is 12.8 Å². The van der Waals surface area contributed by atoms with Crippen LogP contribution in [0.3, 0.4) is 0 Å². The van der Waals surface area contributed by atoms with Crippen molar-refractivity contribution in [3.63, 3.8) is 0 Å². The minimum atomic E-state index is -4.56. The van der Waals surface area contributed by atoms with E-state index in [1.165, 1.54) is 23.7 Å². The first-order valence-corrected chi connectivity index (χ1v) is 11.4. The molecule has 0 saturated carbocycles. The number of amides is 1. The Hall–Kier alpha value is -3.26. The molecule has 1 aliphatic carbocycles. The number of halogens is 3. The van der Waals surface area contributed by atoms with Gasteiger partial charge in [0, 0.05) is 17.4 Å². The van der Waals surface area contributed by atoms with Gasteiger partial charge in [0.25, 0.3) is 5.91 Å². The first-order chi connectivity index (χ1) is 15.7. The number of thiophene rings is 1. The average Bonchev–Trinajstić information content (AvgIpc) is 3.49. The van der Waals surface area contributed by atoms with Crippen molar-refractivity contribution in [3.05, 3.63) is 51.9 Å². The van der Waals surface area contributed by atoms with Gasteiger partial charge in [-0.25, -0.2) is 4.68 Å². The maximum Gasteiger partial charge on any atom is 0.410 e. The van der Waals surface area contributed by atoms with Gasteiger partial charge < -0.3 is 15.1 Å². The van der Waals surface area contributed by atoms with Crippen LogP contribution >= 0.6 is 11.3 Å². The van der Waals surface area contributed by atoms with Gasteiger partial charge in [-0.2, -0.15) is 23.5 Å². The van der Waals surface area contributed by atoms with Crippen LogP contribution in [0.25, 0.3) is 0 Å². The molecule has 0 saturated heterocycles. The van der Waals surface area contributed by atoms with Crippen molar-refractivity contribution in [2.45, 2.75) is 50.9 Å². The summed E-state index contributed by atoms with van der Waals surface area (Å²) in [6, 6.07) is 4.07. The van der Waals surface area contributed by atoms with E-state index >= 15 is 0 Å². The number of fused-ring (bicyclic) bond motifs is 2. The van der Waals surface area contributed by atoms with Crippen LogP contribution in [0.2, 0.25) is 0 Å². The fraction of sp³-hybridized carbons (Fsp3) is 0.409. The molecule has 1 amide bonds. The standard InChI is InChI=1S/C22H20F3N5O2S/c1-11-4-5-12-13(10-26)21(33-17(12)7-11)28-20(31)15-9-19-27-14(16-3-2-6-32-16)8-18(22(23,24)25)30(19)29-15/h2-3,6,9,11,14,18,27H,4-5,7-8H2,1H3,(H,28,31)/t11-,14-,18-/m1/s1. The number of carbonyl (C=O) groups excluding carboxylic acids is 1. The Morgan fingerprint density at radius 3 is 2.97 bits per heavy atom. The molecule has 0 aromatic carbocycles. The van der Waals surface area contributed by atoms with E-state index in [-0.39, 0.29) is 17.9 Å². The summed E-state index contributed by atoms with van der Waals surface area (Å²) in [5.41, 5.74) is 1.24. The molecule has 2 aliphatic rings. The second-order valence-electron chi connectivity index (χ2n) is 8.49. The number of nitrogens with one attached hydrogen (secondary N) is 2. The second-order valence-corrected chi connectivity index (χ2v) is 9.59. The topological polar surface area (TPSA) is 95.9 Å². The molecular formula is C22H20F3N5O2S. The number of rotatable bonds is 3. The highest BCUT2D eigenvalue weighted by atomic mass is 32.1. The highest BCUT2D eigenvalue weighted by molar-refractivity contribution is 7.16. The van der Waals surface area contributed by atoms with E-state index in [1.54, 1.807) is 12.1 Å². The largest absolute Gasteiger partial charge is 0.467 e. The van der Waals surface area contributed by atoms with Crippen LogP contribution in [0.4, 0.5) is 24.0 Å². The number of nitrogens with zero attached hydrogens (tertiary/aromatic N) is 3. The zero-order valence-corrected chi connectivity index (χ0v) is 18.4. The monoisotopic (exact) mass is 475 g/mol. The lowest BCUT2D eigenvalue weighted by atomic mass is 9.89. The van der Waals surface area contributed by atoms with Crippen LogP contribution in [0.1, 0.15) is 64.1 Å². The molecule has 33 heavy (non-hydrogen) atoms. The van der Waals surface area contributed by atoms with E-state index < -0.39 is 24.2 Å². The van der Waals surface area contributed by atoms with Crippen molar-refractivity contribution < 1.29 is 22.4 Å². The van der Waals surface area contributed by atoms with Gasteiger partial charge in [-0.05, 0) is 42.9 Å². The molecular weight excluding hydrogens is 455 g/mol. The van der Waals surface area contributed by atoms with Crippen molar-refractivity contribution in [1.82, 2.24) is 9.78 Å². The van der Waals surface area contributed by atoms with E-state index in [4.69, 9.17) is 4.42 Å². The summed E-state index contributed by atoms with van der Waals surface area (Å²) in [6.07, 6.45) is -0.885. The normalized spacial score (nSPS) is 22.1. The Kier molecular flexibility index (Phi) is 5.20. The Morgan fingerprint density at radius 1 is 1.45 bits per heavy atom. The predicted molar refractivity (Wildman–Crippen MR) is 115 cm³/mol. The summed E-state index contributed by atoms with van der Waals surface area (Å²) in [5, 5.41) is 19.7. The van der Waals surface area contributed by atoms with Crippen molar-refractivity contribution in [3.8, 4) is 6.07 Å². The molecule has 0 unspecified atom stereocenters. The van der Waals surface area contributed by atoms with Gasteiger partial charge in [-0.1, -0.05) is 6.92 Å². The molecule has 0 spiro atoms. The minimum absolute atomic E-state index is 0.0786. The lowest BCUT2D eigenvalue weighted by Crippen LogP contribution is -2.35. The molecule has 3 atom stereocenters. The van der Waals surface area contributed by atoms with E-state index in [2.05, 4.69) is 28.7 Å². The Balaban J connectivity index is 1.44. The molecule has 3 aromatic rings. The zero-order chi connectivity index (χ0) is 23.3. The number of hydrogen-bond donors (Lipinski definition) is 2. The molecule has 3 aromatic heterocycles. The van der Waals surface area contributed by atoms with Crippen molar-refractivity contribution in [2.75, 3.05) is 10.6 Å². The highest BCUT2D eigenvalue weighted by Gasteiger charge is 2.47. The molecule has 11 heteroatoms. The highest BCUT2D eigenvalue weighted by Crippen LogP contribution is 2.44. The number of furan rings is 1. The van der Waals surface area contributed by atoms with Gasteiger partial charge >= 0.3 is 6.18 Å². The van der Waals surface area contributed by atoms with Crippen LogP contribution in [0, 0.1) is 17.2 Å². The van der Waals surface area contributed by atoms with Crippen LogP contribution in [0.5, 0.6) is 0 Å². The van der Waals surface area contributed by atoms with Gasteiger partial charge in [0.05, 0.1) is 17.9 Å². The summed E-state index contributed by atoms with van der Waals surface area (Å²) in [6.45, 7) is 2.14. The number of nitriles is 1. The molecule has 0 radical (unpaired) electrons. The molecule has 5 rings (SSSR count). The first kappa shape index (κ1) is 21.6. The zero-order valence-electron chi connectivity index (χ0n) is 17.6. The summed E-state index contributed by atoms with van der Waals surface area (Å²) in [4.78, 5) is 14.0. The molecule has 7 nitrogen and oxygen atoms in total. The molecule has 0 bridgehead atoms. The third-order valence-corrected chi connectivity index (χ3v) is 7.33. The van der Waals surface area contributed by atoms with Crippen molar-refractivity contribution in [1.29, 1.82) is 5.26 Å². The van der Waals surface area contributed by atoms with Gasteiger partial charge in [-0.15, -0.1) is 11.3 Å². The third-order valence-electron chi connectivity index (χ3n) is 6.16. The third kappa shape index (κ3) is 3.88. The molecule has 4 heterocycles. The molecule has 0 fully saturated rings. The van der Waals surface area contributed by atoms with E-state index in [1.807, 2.05) is 0 Å². The van der Waals surface area contributed by atoms with Gasteiger partial charge in [0.1, 0.15) is 22.6 Å². The molecule has 1 aliphatic heterocycles.